The molecule has 1 N–H and O–H groups in total. The number of ether oxygens (including phenoxy) is 1. The van der Waals surface area contributed by atoms with Crippen molar-refractivity contribution in [3.05, 3.63) is 61.0 Å². The van der Waals surface area contributed by atoms with Crippen LogP contribution in [0.25, 0.3) is 0 Å². The van der Waals surface area contributed by atoms with Gasteiger partial charge in [-0.1, -0.05) is 18.2 Å². The Bertz CT molecular complexity index is 654. The lowest BCUT2D eigenvalue weighted by Crippen LogP contribution is -2.06. The maximum Gasteiger partial charge on any atom is 0.271 e. The van der Waals surface area contributed by atoms with E-state index in [4.69, 9.17) is 4.74 Å². The first-order valence-electron chi connectivity index (χ1n) is 6.06. The number of halogens is 2. The molecule has 2 rings (SSSR count). The summed E-state index contributed by atoms with van der Waals surface area (Å²) in [5.74, 6) is 1.20. The number of hydrogen-bond acceptors (Lipinski definition) is 4. The van der Waals surface area contributed by atoms with E-state index in [1.807, 2.05) is 31.3 Å². The second-order valence-electron chi connectivity index (χ2n) is 4.24. The van der Waals surface area contributed by atoms with Crippen molar-refractivity contribution in [3.8, 4) is 11.5 Å². The van der Waals surface area contributed by atoms with Gasteiger partial charge in [0, 0.05) is 24.2 Å². The molecule has 7 heteroatoms. The Hall–Kier alpha value is -1.44. The first-order valence-corrected chi connectivity index (χ1v) is 7.65. The van der Waals surface area contributed by atoms with Gasteiger partial charge in [-0.05, 0) is 45.0 Å². The molecular weight excluding hydrogens is 404 g/mol. The fraction of sp³-hybridized carbons (Fsp3) is 0.143. The Morgan fingerprint density at radius 3 is 2.43 bits per heavy atom. The van der Waals surface area contributed by atoms with Crippen LogP contribution in [0.2, 0.25) is 0 Å². The zero-order valence-electron chi connectivity index (χ0n) is 11.1. The van der Waals surface area contributed by atoms with Crippen LogP contribution in [-0.2, 0) is 6.54 Å². The van der Waals surface area contributed by atoms with Crippen molar-refractivity contribution < 1.29 is 9.66 Å². The summed E-state index contributed by atoms with van der Waals surface area (Å²) >= 11 is 6.62. The van der Waals surface area contributed by atoms with Crippen LogP contribution in [0.15, 0.2) is 45.3 Å². The van der Waals surface area contributed by atoms with Gasteiger partial charge in [0.25, 0.3) is 5.69 Å². The third kappa shape index (κ3) is 3.81. The lowest BCUT2D eigenvalue weighted by atomic mass is 10.2. The van der Waals surface area contributed by atoms with Crippen LogP contribution >= 0.6 is 31.9 Å². The van der Waals surface area contributed by atoms with Gasteiger partial charge in [0.2, 0.25) is 0 Å². The molecule has 0 atom stereocenters. The first kappa shape index (κ1) is 15.9. The minimum atomic E-state index is -0.450. The monoisotopic (exact) mass is 414 g/mol. The molecule has 0 spiro atoms. The van der Waals surface area contributed by atoms with E-state index in [2.05, 4.69) is 37.2 Å². The van der Waals surface area contributed by atoms with Gasteiger partial charge in [0.15, 0.2) is 5.75 Å². The number of non-ortho nitro benzene ring substituents is 1. The molecular formula is C14H12Br2N2O3. The van der Waals surface area contributed by atoms with Crippen LogP contribution < -0.4 is 10.1 Å². The highest BCUT2D eigenvalue weighted by atomic mass is 79.9. The van der Waals surface area contributed by atoms with Crippen LogP contribution in [0.3, 0.4) is 0 Å². The Morgan fingerprint density at radius 1 is 1.24 bits per heavy atom. The molecule has 2 aromatic rings. The Morgan fingerprint density at radius 2 is 1.86 bits per heavy atom. The van der Waals surface area contributed by atoms with Gasteiger partial charge >= 0.3 is 0 Å². The maximum absolute atomic E-state index is 10.8. The summed E-state index contributed by atoms with van der Waals surface area (Å²) in [6, 6.07) is 10.5. The molecule has 0 heterocycles. The van der Waals surface area contributed by atoms with E-state index < -0.39 is 4.92 Å². The van der Waals surface area contributed by atoms with Gasteiger partial charge in [-0.15, -0.1) is 0 Å². The average Bonchev–Trinajstić information content (AvgIpc) is 2.44. The molecule has 0 saturated heterocycles. The Balaban J connectivity index is 2.38. The number of para-hydroxylation sites is 1. The first-order chi connectivity index (χ1) is 10.0. The molecule has 0 aliphatic rings. The van der Waals surface area contributed by atoms with Gasteiger partial charge < -0.3 is 10.1 Å². The topological polar surface area (TPSA) is 64.4 Å². The van der Waals surface area contributed by atoms with Crippen LogP contribution in [0.1, 0.15) is 5.56 Å². The predicted molar refractivity (Wildman–Crippen MR) is 87.8 cm³/mol. The second-order valence-corrected chi connectivity index (χ2v) is 5.94. The number of nitrogens with one attached hydrogen (secondary N) is 1. The average molecular weight is 416 g/mol. The number of nitro benzene ring substituents is 1. The highest BCUT2D eigenvalue weighted by Crippen LogP contribution is 2.40. The summed E-state index contributed by atoms with van der Waals surface area (Å²) in [7, 11) is 1.86. The molecule has 0 radical (unpaired) electrons. The number of nitrogens with zero attached hydrogens (tertiary/aromatic N) is 1. The zero-order valence-corrected chi connectivity index (χ0v) is 14.3. The van der Waals surface area contributed by atoms with Crippen molar-refractivity contribution in [2.75, 3.05) is 7.05 Å². The van der Waals surface area contributed by atoms with Crippen LogP contribution in [-0.4, -0.2) is 12.0 Å². The highest BCUT2D eigenvalue weighted by molar-refractivity contribution is 9.11. The van der Waals surface area contributed by atoms with Crippen molar-refractivity contribution in [1.29, 1.82) is 0 Å². The minimum Gasteiger partial charge on any atom is -0.455 e. The summed E-state index contributed by atoms with van der Waals surface area (Å²) in [5, 5.41) is 13.9. The molecule has 0 bridgehead atoms. The fourth-order valence-electron chi connectivity index (χ4n) is 1.80. The molecule has 0 fully saturated rings. The molecule has 0 unspecified atom stereocenters. The summed E-state index contributed by atoms with van der Waals surface area (Å²) < 4.78 is 6.94. The molecule has 21 heavy (non-hydrogen) atoms. The predicted octanol–water partition coefficient (Wildman–Crippen LogP) is 4.63. The van der Waals surface area contributed by atoms with E-state index in [1.54, 1.807) is 0 Å². The summed E-state index contributed by atoms with van der Waals surface area (Å²) in [6.45, 7) is 0.665. The highest BCUT2D eigenvalue weighted by Gasteiger charge is 2.16. The molecule has 0 aliphatic carbocycles. The molecule has 110 valence electrons. The zero-order chi connectivity index (χ0) is 15.4. The van der Waals surface area contributed by atoms with Gasteiger partial charge in [0.1, 0.15) is 5.75 Å². The van der Waals surface area contributed by atoms with Crippen molar-refractivity contribution in [1.82, 2.24) is 5.32 Å². The van der Waals surface area contributed by atoms with Crippen LogP contribution in [0.4, 0.5) is 5.69 Å². The SMILES string of the molecule is CNCc1ccccc1Oc1c(Br)cc([N+](=O)[O-])cc1Br. The smallest absolute Gasteiger partial charge is 0.271 e. The Kier molecular flexibility index (Phi) is 5.33. The Labute approximate surface area is 138 Å². The van der Waals surface area contributed by atoms with Gasteiger partial charge in [-0.2, -0.15) is 0 Å². The van der Waals surface area contributed by atoms with E-state index in [1.165, 1.54) is 12.1 Å². The van der Waals surface area contributed by atoms with Crippen molar-refractivity contribution >= 4 is 37.5 Å². The third-order valence-corrected chi connectivity index (χ3v) is 3.92. The molecule has 0 aliphatic heterocycles. The van der Waals surface area contributed by atoms with Crippen LogP contribution in [0, 0.1) is 10.1 Å². The molecule has 0 saturated carbocycles. The number of hydrogen-bond donors (Lipinski definition) is 1. The summed E-state index contributed by atoms with van der Waals surface area (Å²) in [4.78, 5) is 10.4. The summed E-state index contributed by atoms with van der Waals surface area (Å²) in [5.41, 5.74) is 0.988. The molecule has 5 nitrogen and oxygen atoms in total. The number of nitro groups is 1. The van der Waals surface area contributed by atoms with Crippen molar-refractivity contribution in [2.24, 2.45) is 0 Å². The second kappa shape index (κ2) is 7.02. The molecule has 0 aromatic heterocycles. The molecule has 2 aromatic carbocycles. The number of benzene rings is 2. The van der Waals surface area contributed by atoms with E-state index in [0.717, 1.165) is 5.56 Å². The quantitative estimate of drug-likeness (QED) is 0.571. The molecule has 0 amide bonds. The van der Waals surface area contributed by atoms with E-state index in [-0.39, 0.29) is 5.69 Å². The fourth-order valence-corrected chi connectivity index (χ4v) is 3.12. The normalized spacial score (nSPS) is 10.4. The lowest BCUT2D eigenvalue weighted by molar-refractivity contribution is -0.385. The lowest BCUT2D eigenvalue weighted by Gasteiger charge is -2.13. The van der Waals surface area contributed by atoms with Gasteiger partial charge in [0.05, 0.1) is 13.9 Å². The third-order valence-electron chi connectivity index (χ3n) is 2.75. The van der Waals surface area contributed by atoms with Crippen molar-refractivity contribution in [3.63, 3.8) is 0 Å². The standard InChI is InChI=1S/C14H12Br2N2O3/c1-17-8-9-4-2-3-5-13(9)21-14-11(15)6-10(18(19)20)7-12(14)16/h2-7,17H,8H2,1H3. The van der Waals surface area contributed by atoms with E-state index in [0.29, 0.717) is 27.0 Å². The summed E-state index contributed by atoms with van der Waals surface area (Å²) in [6.07, 6.45) is 0. The maximum atomic E-state index is 10.8. The van der Waals surface area contributed by atoms with Gasteiger partial charge in [-0.3, -0.25) is 10.1 Å². The largest absolute Gasteiger partial charge is 0.455 e. The van der Waals surface area contributed by atoms with E-state index in [9.17, 15) is 10.1 Å². The van der Waals surface area contributed by atoms with Crippen LogP contribution in [0.5, 0.6) is 11.5 Å². The van der Waals surface area contributed by atoms with Gasteiger partial charge in [-0.25, -0.2) is 0 Å². The van der Waals surface area contributed by atoms with E-state index >= 15 is 0 Å². The van der Waals surface area contributed by atoms with Crippen molar-refractivity contribution in [2.45, 2.75) is 6.54 Å². The minimum absolute atomic E-state index is 0.00962. The number of rotatable bonds is 5.